The highest BCUT2D eigenvalue weighted by atomic mass is 32.1. The molecule has 4 heteroatoms. The fourth-order valence-corrected chi connectivity index (χ4v) is 10.6. The molecule has 13 aromatic rings. The molecule has 10 aromatic carbocycles. The van der Waals surface area contributed by atoms with E-state index >= 15 is 0 Å². The van der Waals surface area contributed by atoms with Gasteiger partial charge in [-0.15, -0.1) is 11.3 Å². The van der Waals surface area contributed by atoms with Crippen molar-refractivity contribution in [1.29, 1.82) is 0 Å². The van der Waals surface area contributed by atoms with Crippen molar-refractivity contribution in [3.63, 3.8) is 0 Å². The number of hydrogen-bond donors (Lipinski definition) is 0. The topological polar surface area (TPSA) is 29.5 Å². The van der Waals surface area contributed by atoms with E-state index in [1.54, 1.807) is 0 Å². The van der Waals surface area contributed by atoms with Gasteiger partial charge in [-0.05, 0) is 111 Å². The zero-order chi connectivity index (χ0) is 39.3. The summed E-state index contributed by atoms with van der Waals surface area (Å²) in [5, 5.41) is 12.1. The summed E-state index contributed by atoms with van der Waals surface area (Å²) in [7, 11) is 0. The summed E-state index contributed by atoms with van der Waals surface area (Å²) in [6, 6.07) is 71.9. The first-order valence-corrected chi connectivity index (χ1v) is 21.1. The van der Waals surface area contributed by atoms with Crippen molar-refractivity contribution in [2.75, 3.05) is 4.90 Å². The van der Waals surface area contributed by atoms with Crippen LogP contribution in [-0.2, 0) is 0 Å². The van der Waals surface area contributed by atoms with Gasteiger partial charge in [0.1, 0.15) is 22.3 Å². The van der Waals surface area contributed by atoms with Crippen LogP contribution < -0.4 is 4.90 Å². The van der Waals surface area contributed by atoms with Crippen molar-refractivity contribution >= 4 is 114 Å². The SMILES string of the molecule is c1ccc2c(-c3ccc(N(c4ccc(-c5ccc6oc7ccc8ccc9sc%10ccccc%10c9c8c7c6c5)cc4)c4ccc5c(c4)oc4ccccc45)cc3)cccc2c1. The molecular weight excluding hydrogens is 751 g/mol. The Bertz CT molecular complexity index is 3820. The van der Waals surface area contributed by atoms with Crippen LogP contribution in [0.1, 0.15) is 0 Å². The molecule has 0 saturated heterocycles. The number of fused-ring (bicyclic) bond motifs is 13. The van der Waals surface area contributed by atoms with Crippen LogP contribution in [-0.4, -0.2) is 0 Å². The van der Waals surface area contributed by atoms with Crippen LogP contribution in [0.5, 0.6) is 0 Å². The van der Waals surface area contributed by atoms with Gasteiger partial charge in [0.2, 0.25) is 0 Å². The summed E-state index contributed by atoms with van der Waals surface area (Å²) < 4.78 is 15.5. The predicted octanol–water partition coefficient (Wildman–Crippen LogP) is 17.0. The molecule has 0 saturated carbocycles. The molecule has 3 nitrogen and oxygen atoms in total. The fourth-order valence-electron chi connectivity index (χ4n) is 9.45. The summed E-state index contributed by atoms with van der Waals surface area (Å²) >= 11 is 1.85. The number of furan rings is 2. The quantitative estimate of drug-likeness (QED) is 0.174. The van der Waals surface area contributed by atoms with Crippen molar-refractivity contribution in [2.24, 2.45) is 0 Å². The predicted molar refractivity (Wildman–Crippen MR) is 254 cm³/mol. The minimum absolute atomic E-state index is 0.864. The van der Waals surface area contributed by atoms with Gasteiger partial charge in [-0.2, -0.15) is 0 Å². The highest BCUT2D eigenvalue weighted by Gasteiger charge is 2.19. The van der Waals surface area contributed by atoms with Gasteiger partial charge in [0.15, 0.2) is 0 Å². The van der Waals surface area contributed by atoms with Gasteiger partial charge in [-0.1, -0.05) is 121 Å². The Kier molecular flexibility index (Phi) is 7.18. The number of thiophene rings is 1. The van der Waals surface area contributed by atoms with Gasteiger partial charge in [-0.3, -0.25) is 0 Å². The lowest BCUT2D eigenvalue weighted by atomic mass is 9.97. The monoisotopic (exact) mass is 783 g/mol. The average Bonchev–Trinajstić information content (AvgIpc) is 4.00. The third kappa shape index (κ3) is 5.08. The van der Waals surface area contributed by atoms with Crippen molar-refractivity contribution in [3.05, 3.63) is 200 Å². The Labute approximate surface area is 348 Å². The van der Waals surface area contributed by atoms with Crippen molar-refractivity contribution in [1.82, 2.24) is 0 Å². The van der Waals surface area contributed by atoms with Crippen LogP contribution >= 0.6 is 11.3 Å². The standard InChI is InChI=1S/C56H33NO2S/c1-2-10-42-35(8-1)9-7-13-43(42)36-18-25-40(26-19-36)57(41-27-28-45-44-11-3-5-14-48(44)59-51(45)33-41)39-23-16-34(17-24-39)38-21-29-49-47(32-38)55-50(58-49)30-20-37-22-31-53-56(54(37)55)46-12-4-6-15-52(46)60-53/h1-33H. The molecule has 280 valence electrons. The molecule has 0 aliphatic heterocycles. The molecule has 3 heterocycles. The van der Waals surface area contributed by atoms with Crippen LogP contribution in [0.15, 0.2) is 209 Å². The molecule has 0 fully saturated rings. The molecule has 0 spiro atoms. The second kappa shape index (κ2) is 12.9. The maximum Gasteiger partial charge on any atom is 0.137 e. The summed E-state index contributed by atoms with van der Waals surface area (Å²) in [6.45, 7) is 0. The lowest BCUT2D eigenvalue weighted by Gasteiger charge is -2.26. The second-order valence-corrected chi connectivity index (χ2v) is 16.7. The van der Waals surface area contributed by atoms with E-state index < -0.39 is 0 Å². The van der Waals surface area contributed by atoms with Gasteiger partial charge in [-0.25, -0.2) is 0 Å². The van der Waals surface area contributed by atoms with Crippen LogP contribution in [0.4, 0.5) is 17.1 Å². The highest BCUT2D eigenvalue weighted by Crippen LogP contribution is 2.45. The van der Waals surface area contributed by atoms with Gasteiger partial charge in [0.05, 0.1) is 0 Å². The minimum Gasteiger partial charge on any atom is -0.456 e. The van der Waals surface area contributed by atoms with E-state index in [1.165, 1.54) is 58.2 Å². The highest BCUT2D eigenvalue weighted by molar-refractivity contribution is 7.26. The van der Waals surface area contributed by atoms with Crippen LogP contribution in [0.3, 0.4) is 0 Å². The minimum atomic E-state index is 0.864. The molecule has 0 unspecified atom stereocenters. The Morgan fingerprint density at radius 3 is 1.82 bits per heavy atom. The Morgan fingerprint density at radius 2 is 0.950 bits per heavy atom. The van der Waals surface area contributed by atoms with Crippen molar-refractivity contribution in [3.8, 4) is 22.3 Å². The number of anilines is 3. The smallest absolute Gasteiger partial charge is 0.137 e. The van der Waals surface area contributed by atoms with Crippen LogP contribution in [0, 0.1) is 0 Å². The molecule has 0 bridgehead atoms. The largest absolute Gasteiger partial charge is 0.456 e. The molecule has 60 heavy (non-hydrogen) atoms. The normalized spacial score (nSPS) is 12.0. The molecule has 0 aliphatic rings. The lowest BCUT2D eigenvalue weighted by molar-refractivity contribution is 0.668. The first kappa shape index (κ1) is 33.3. The lowest BCUT2D eigenvalue weighted by Crippen LogP contribution is -2.09. The first-order chi connectivity index (χ1) is 29.7. The molecule has 0 aliphatic carbocycles. The Hall–Kier alpha value is -7.66. The van der Waals surface area contributed by atoms with E-state index in [9.17, 15) is 0 Å². The molecule has 0 radical (unpaired) electrons. The molecule has 3 aromatic heterocycles. The van der Waals surface area contributed by atoms with Crippen molar-refractivity contribution < 1.29 is 8.83 Å². The van der Waals surface area contributed by atoms with E-state index in [0.717, 1.165) is 66.7 Å². The van der Waals surface area contributed by atoms with Crippen molar-refractivity contribution in [2.45, 2.75) is 0 Å². The molecule has 0 N–H and O–H groups in total. The van der Waals surface area contributed by atoms with E-state index in [2.05, 4.69) is 193 Å². The average molecular weight is 784 g/mol. The zero-order valence-electron chi connectivity index (χ0n) is 32.2. The maximum atomic E-state index is 6.53. The van der Waals surface area contributed by atoms with E-state index in [4.69, 9.17) is 8.83 Å². The first-order valence-electron chi connectivity index (χ1n) is 20.3. The summed E-state index contributed by atoms with van der Waals surface area (Å²) in [6.07, 6.45) is 0. The fraction of sp³-hybridized carbons (Fsp3) is 0. The van der Waals surface area contributed by atoms with E-state index in [0.29, 0.717) is 0 Å². The summed E-state index contributed by atoms with van der Waals surface area (Å²) in [5.41, 5.74) is 11.4. The number of nitrogens with zero attached hydrogens (tertiary/aromatic N) is 1. The zero-order valence-corrected chi connectivity index (χ0v) is 33.0. The summed E-state index contributed by atoms with van der Waals surface area (Å²) in [5.74, 6) is 0. The Balaban J connectivity index is 0.938. The third-order valence-corrected chi connectivity index (χ3v) is 13.4. The molecular formula is C56H33NO2S. The molecule has 13 rings (SSSR count). The van der Waals surface area contributed by atoms with Gasteiger partial charge in [0.25, 0.3) is 0 Å². The number of hydrogen-bond acceptors (Lipinski definition) is 4. The number of rotatable bonds is 5. The maximum absolute atomic E-state index is 6.53. The number of para-hydroxylation sites is 1. The number of benzene rings is 10. The second-order valence-electron chi connectivity index (χ2n) is 15.6. The van der Waals surface area contributed by atoms with Gasteiger partial charge in [0, 0.05) is 70.2 Å². The molecule has 0 atom stereocenters. The van der Waals surface area contributed by atoms with Crippen LogP contribution in [0.2, 0.25) is 0 Å². The third-order valence-electron chi connectivity index (χ3n) is 12.3. The van der Waals surface area contributed by atoms with Crippen LogP contribution in [0.25, 0.3) is 108 Å². The van der Waals surface area contributed by atoms with Gasteiger partial charge < -0.3 is 13.7 Å². The van der Waals surface area contributed by atoms with E-state index in [-0.39, 0.29) is 0 Å². The summed E-state index contributed by atoms with van der Waals surface area (Å²) in [4.78, 5) is 2.32. The van der Waals surface area contributed by atoms with E-state index in [1.807, 2.05) is 23.5 Å². The Morgan fingerprint density at radius 1 is 0.317 bits per heavy atom. The van der Waals surface area contributed by atoms with Gasteiger partial charge >= 0.3 is 0 Å². The molecule has 0 amide bonds.